The van der Waals surface area contributed by atoms with Gasteiger partial charge in [-0.3, -0.25) is 9.59 Å². The monoisotopic (exact) mass is 412 g/mol. The van der Waals surface area contributed by atoms with E-state index in [4.69, 9.17) is 39.1 Å². The van der Waals surface area contributed by atoms with E-state index in [-0.39, 0.29) is 0 Å². The molecule has 0 heterocycles. The molecule has 0 unspecified atom stereocenters. The van der Waals surface area contributed by atoms with Crippen LogP contribution in [0, 0.1) is 0 Å². The first kappa shape index (κ1) is 22.9. The highest BCUT2D eigenvalue weighted by atomic mass is 35.5. The summed E-state index contributed by atoms with van der Waals surface area (Å²) in [6.45, 7) is 0. The number of carboxylic acid groups (broad SMARTS) is 2. The maximum Gasteiger partial charge on any atom is 0.321 e. The smallest absolute Gasteiger partial charge is 0.321 e. The van der Waals surface area contributed by atoms with Crippen LogP contribution in [0.2, 0.25) is 10.0 Å². The fourth-order valence-electron chi connectivity index (χ4n) is 2.13. The molecule has 0 aliphatic carbocycles. The second kappa shape index (κ2) is 11.6. The van der Waals surface area contributed by atoms with E-state index in [0.717, 1.165) is 11.1 Å². The van der Waals surface area contributed by atoms with Crippen molar-refractivity contribution in [2.24, 2.45) is 5.73 Å². The lowest BCUT2D eigenvalue weighted by molar-refractivity contribution is -0.139. The molecule has 5 N–H and O–H groups in total. The van der Waals surface area contributed by atoms with E-state index < -0.39 is 24.0 Å². The van der Waals surface area contributed by atoms with Crippen molar-refractivity contribution in [1.82, 2.24) is 5.32 Å². The molecular weight excluding hydrogens is 391 g/mol. The highest BCUT2D eigenvalue weighted by Crippen LogP contribution is 2.11. The predicted molar refractivity (Wildman–Crippen MR) is 106 cm³/mol. The molecule has 0 aliphatic rings. The minimum atomic E-state index is -0.991. The number of hydrogen-bond donors (Lipinski definition) is 4. The quantitative estimate of drug-likeness (QED) is 0.555. The molecule has 2 aromatic carbocycles. The summed E-state index contributed by atoms with van der Waals surface area (Å²) in [5, 5.41) is 21.4. The Morgan fingerprint density at radius 1 is 0.889 bits per heavy atom. The van der Waals surface area contributed by atoms with Crippen molar-refractivity contribution in [2.75, 3.05) is 7.05 Å². The van der Waals surface area contributed by atoms with Crippen LogP contribution >= 0.6 is 23.2 Å². The Morgan fingerprint density at radius 3 is 1.63 bits per heavy atom. The summed E-state index contributed by atoms with van der Waals surface area (Å²) in [4.78, 5) is 21.1. The molecule has 0 bridgehead atoms. The third-order valence-electron chi connectivity index (χ3n) is 3.69. The van der Waals surface area contributed by atoms with Crippen molar-refractivity contribution in [2.45, 2.75) is 24.9 Å². The number of likely N-dealkylation sites (N-methyl/N-ethyl adjacent to an activating group) is 1. The van der Waals surface area contributed by atoms with Crippen molar-refractivity contribution < 1.29 is 19.8 Å². The normalized spacial score (nSPS) is 12.4. The van der Waals surface area contributed by atoms with Gasteiger partial charge in [-0.05, 0) is 55.3 Å². The Morgan fingerprint density at radius 2 is 1.30 bits per heavy atom. The fourth-order valence-corrected chi connectivity index (χ4v) is 2.38. The summed E-state index contributed by atoms with van der Waals surface area (Å²) in [7, 11) is 1.63. The van der Waals surface area contributed by atoms with Gasteiger partial charge in [0, 0.05) is 10.0 Å². The minimum Gasteiger partial charge on any atom is -0.480 e. The van der Waals surface area contributed by atoms with Crippen LogP contribution in [0.15, 0.2) is 48.5 Å². The van der Waals surface area contributed by atoms with Gasteiger partial charge in [0.05, 0.1) is 0 Å². The van der Waals surface area contributed by atoms with E-state index in [0.29, 0.717) is 22.9 Å². The van der Waals surface area contributed by atoms with Crippen LogP contribution in [0.1, 0.15) is 11.1 Å². The number of halogens is 2. The number of rotatable bonds is 7. The third kappa shape index (κ3) is 8.88. The highest BCUT2D eigenvalue weighted by molar-refractivity contribution is 6.30. The van der Waals surface area contributed by atoms with Crippen molar-refractivity contribution >= 4 is 35.1 Å². The number of benzene rings is 2. The van der Waals surface area contributed by atoms with E-state index in [9.17, 15) is 9.59 Å². The van der Waals surface area contributed by atoms with Gasteiger partial charge in [0.15, 0.2) is 0 Å². The van der Waals surface area contributed by atoms with Gasteiger partial charge in [0.2, 0.25) is 0 Å². The molecule has 27 heavy (non-hydrogen) atoms. The molecule has 0 fully saturated rings. The Bertz CT molecular complexity index is 736. The predicted octanol–water partition coefficient (Wildman–Crippen LogP) is 2.85. The third-order valence-corrected chi connectivity index (χ3v) is 4.19. The van der Waals surface area contributed by atoms with Crippen LogP contribution in [0.25, 0.3) is 0 Å². The largest absolute Gasteiger partial charge is 0.480 e. The standard InChI is InChI=1S/C10H12ClNO2.C9H10ClNO2/c1-12-9(10(13)14)6-7-2-4-8(11)5-3-7;10-7-3-1-6(2-4-7)5-8(11)9(12)13/h2-5,9,12H,6H2,1H3,(H,13,14);1-4,8H,5,11H2,(H,12,13)/t9-;8-/m00/s1. The lowest BCUT2D eigenvalue weighted by Gasteiger charge is -2.10. The Hall–Kier alpha value is -2.12. The Kier molecular flexibility index (Phi) is 9.82. The SMILES string of the molecule is CN[C@@H](Cc1ccc(Cl)cc1)C(=O)O.N[C@@H](Cc1ccc(Cl)cc1)C(=O)O. The van der Waals surface area contributed by atoms with E-state index in [1.807, 2.05) is 12.1 Å². The Labute approximate surface area is 167 Å². The van der Waals surface area contributed by atoms with Gasteiger partial charge in [-0.2, -0.15) is 0 Å². The summed E-state index contributed by atoms with van der Waals surface area (Å²) in [5.74, 6) is -1.84. The first-order chi connectivity index (χ1) is 12.7. The average Bonchev–Trinajstić information content (AvgIpc) is 2.63. The maximum absolute atomic E-state index is 10.7. The number of hydrogen-bond acceptors (Lipinski definition) is 4. The van der Waals surface area contributed by atoms with E-state index in [1.165, 1.54) is 0 Å². The van der Waals surface area contributed by atoms with Crippen LogP contribution in [-0.4, -0.2) is 41.3 Å². The highest BCUT2D eigenvalue weighted by Gasteiger charge is 2.14. The summed E-state index contributed by atoms with van der Waals surface area (Å²) in [6.07, 6.45) is 0.787. The molecule has 2 aromatic rings. The summed E-state index contributed by atoms with van der Waals surface area (Å²) in [6, 6.07) is 12.7. The van der Waals surface area contributed by atoms with Crippen LogP contribution < -0.4 is 11.1 Å². The van der Waals surface area contributed by atoms with Gasteiger partial charge < -0.3 is 21.3 Å². The van der Waals surface area contributed by atoms with E-state index >= 15 is 0 Å². The summed E-state index contributed by atoms with van der Waals surface area (Å²) >= 11 is 11.4. The lowest BCUT2D eigenvalue weighted by Crippen LogP contribution is -2.35. The average molecular weight is 413 g/mol. The number of nitrogens with two attached hydrogens (primary N) is 1. The summed E-state index contributed by atoms with van der Waals surface area (Å²) < 4.78 is 0. The zero-order valence-corrected chi connectivity index (χ0v) is 16.2. The minimum absolute atomic E-state index is 0.326. The van der Waals surface area contributed by atoms with Crippen molar-refractivity contribution in [3.8, 4) is 0 Å². The van der Waals surface area contributed by atoms with Crippen LogP contribution in [0.4, 0.5) is 0 Å². The number of carboxylic acids is 2. The molecule has 2 atom stereocenters. The molecule has 0 saturated heterocycles. The molecule has 0 aromatic heterocycles. The fraction of sp³-hybridized carbons (Fsp3) is 0.263. The first-order valence-corrected chi connectivity index (χ1v) is 8.86. The topological polar surface area (TPSA) is 113 Å². The molecule has 0 radical (unpaired) electrons. The molecule has 0 spiro atoms. The van der Waals surface area contributed by atoms with Crippen LogP contribution in [-0.2, 0) is 22.4 Å². The number of aliphatic carboxylic acids is 2. The van der Waals surface area contributed by atoms with Gasteiger partial charge in [0.1, 0.15) is 12.1 Å². The zero-order valence-electron chi connectivity index (χ0n) is 14.7. The molecule has 146 valence electrons. The van der Waals surface area contributed by atoms with Crippen molar-refractivity contribution in [3.63, 3.8) is 0 Å². The second-order valence-electron chi connectivity index (χ2n) is 5.79. The van der Waals surface area contributed by atoms with Gasteiger partial charge in [-0.25, -0.2) is 0 Å². The number of nitrogens with one attached hydrogen (secondary N) is 1. The first-order valence-electron chi connectivity index (χ1n) is 8.10. The van der Waals surface area contributed by atoms with Crippen LogP contribution in [0.5, 0.6) is 0 Å². The maximum atomic E-state index is 10.7. The van der Waals surface area contributed by atoms with Gasteiger partial charge in [-0.1, -0.05) is 47.5 Å². The number of carbonyl (C=O) groups is 2. The molecule has 2 rings (SSSR count). The van der Waals surface area contributed by atoms with E-state index in [2.05, 4.69) is 5.32 Å². The molecular formula is C19H22Cl2N2O4. The van der Waals surface area contributed by atoms with Crippen molar-refractivity contribution in [1.29, 1.82) is 0 Å². The molecule has 0 saturated carbocycles. The molecule has 0 amide bonds. The lowest BCUT2D eigenvalue weighted by atomic mass is 10.1. The van der Waals surface area contributed by atoms with Gasteiger partial charge >= 0.3 is 11.9 Å². The van der Waals surface area contributed by atoms with Crippen LogP contribution in [0.3, 0.4) is 0 Å². The van der Waals surface area contributed by atoms with Gasteiger partial charge in [0.25, 0.3) is 0 Å². The molecule has 8 heteroatoms. The van der Waals surface area contributed by atoms with Gasteiger partial charge in [-0.15, -0.1) is 0 Å². The zero-order chi connectivity index (χ0) is 20.4. The molecule has 6 nitrogen and oxygen atoms in total. The second-order valence-corrected chi connectivity index (χ2v) is 6.66. The molecule has 0 aliphatic heterocycles. The summed E-state index contributed by atoms with van der Waals surface area (Å²) in [5.41, 5.74) is 7.18. The van der Waals surface area contributed by atoms with Crippen molar-refractivity contribution in [3.05, 3.63) is 69.7 Å². The Balaban J connectivity index is 0.000000271. The van der Waals surface area contributed by atoms with E-state index in [1.54, 1.807) is 43.4 Å².